The number of methoxy groups -OCH3 is 1. The van der Waals surface area contributed by atoms with Crippen LogP contribution in [0.3, 0.4) is 0 Å². The molecule has 4 nitrogen and oxygen atoms in total. The molecule has 1 aromatic rings. The van der Waals surface area contributed by atoms with Gasteiger partial charge < -0.3 is 19.9 Å². The second-order valence-corrected chi connectivity index (χ2v) is 6.15. The lowest BCUT2D eigenvalue weighted by Gasteiger charge is -2.20. The fourth-order valence-corrected chi connectivity index (χ4v) is 2.64. The first kappa shape index (κ1) is 16.1. The van der Waals surface area contributed by atoms with Gasteiger partial charge >= 0.3 is 0 Å². The van der Waals surface area contributed by atoms with Gasteiger partial charge in [-0.2, -0.15) is 0 Å². The minimum atomic E-state index is -0.344. The van der Waals surface area contributed by atoms with Crippen molar-refractivity contribution in [3.8, 4) is 11.5 Å². The van der Waals surface area contributed by atoms with Gasteiger partial charge in [0.05, 0.1) is 13.2 Å². The number of hydrogen-bond donors (Lipinski definition) is 2. The van der Waals surface area contributed by atoms with E-state index >= 15 is 0 Å². The Morgan fingerprint density at radius 3 is 2.76 bits per heavy atom. The zero-order valence-electron chi connectivity index (χ0n) is 13.3. The highest BCUT2D eigenvalue weighted by atomic mass is 16.5. The van der Waals surface area contributed by atoms with Gasteiger partial charge in [-0.25, -0.2) is 0 Å². The molecule has 4 heteroatoms. The third kappa shape index (κ3) is 4.61. The molecule has 0 spiro atoms. The summed E-state index contributed by atoms with van der Waals surface area (Å²) < 4.78 is 11.3. The smallest absolute Gasteiger partial charge is 0.124 e. The topological polar surface area (TPSA) is 50.7 Å². The lowest BCUT2D eigenvalue weighted by Crippen LogP contribution is -2.26. The second kappa shape index (κ2) is 7.66. The molecule has 0 bridgehead atoms. The number of hydrogen-bond acceptors (Lipinski definition) is 4. The Morgan fingerprint density at radius 1 is 1.33 bits per heavy atom. The van der Waals surface area contributed by atoms with E-state index in [1.165, 1.54) is 0 Å². The van der Waals surface area contributed by atoms with Gasteiger partial charge in [0.1, 0.15) is 17.6 Å². The Morgan fingerprint density at radius 2 is 2.14 bits per heavy atom. The van der Waals surface area contributed by atoms with Crippen molar-refractivity contribution in [1.82, 2.24) is 5.32 Å². The molecule has 1 aliphatic carbocycles. The number of nitrogens with one attached hydrogen (secondary N) is 1. The van der Waals surface area contributed by atoms with Crippen molar-refractivity contribution in [2.24, 2.45) is 5.92 Å². The van der Waals surface area contributed by atoms with E-state index in [1.54, 1.807) is 7.11 Å². The van der Waals surface area contributed by atoms with E-state index in [2.05, 4.69) is 19.2 Å². The molecule has 1 saturated carbocycles. The van der Waals surface area contributed by atoms with Crippen LogP contribution in [-0.4, -0.2) is 31.0 Å². The van der Waals surface area contributed by atoms with Crippen LogP contribution in [-0.2, 0) is 6.54 Å². The Kier molecular flexibility index (Phi) is 5.88. The van der Waals surface area contributed by atoms with Crippen LogP contribution in [0.4, 0.5) is 0 Å². The highest BCUT2D eigenvalue weighted by Gasteiger charge is 2.27. The SMILES string of the molecule is COc1ccc(OC2CCCC2O)c(CNCC(C)C)c1. The minimum absolute atomic E-state index is 0.0813. The van der Waals surface area contributed by atoms with Gasteiger partial charge in [-0.3, -0.25) is 0 Å². The van der Waals surface area contributed by atoms with Crippen LogP contribution in [0.1, 0.15) is 38.7 Å². The zero-order chi connectivity index (χ0) is 15.2. The lowest BCUT2D eigenvalue weighted by molar-refractivity contribution is 0.0597. The second-order valence-electron chi connectivity index (χ2n) is 6.15. The molecule has 0 amide bonds. The predicted octanol–water partition coefficient (Wildman–Crippen LogP) is 2.73. The van der Waals surface area contributed by atoms with Crippen LogP contribution >= 0.6 is 0 Å². The maximum Gasteiger partial charge on any atom is 0.124 e. The Labute approximate surface area is 127 Å². The Hall–Kier alpha value is -1.26. The first-order valence-electron chi connectivity index (χ1n) is 7.82. The Balaban J connectivity index is 2.06. The van der Waals surface area contributed by atoms with Crippen LogP contribution in [0.2, 0.25) is 0 Å². The van der Waals surface area contributed by atoms with Crippen molar-refractivity contribution in [1.29, 1.82) is 0 Å². The molecule has 21 heavy (non-hydrogen) atoms. The lowest BCUT2D eigenvalue weighted by atomic mass is 10.1. The fraction of sp³-hybridized carbons (Fsp3) is 0.647. The van der Waals surface area contributed by atoms with Crippen molar-refractivity contribution >= 4 is 0 Å². The van der Waals surface area contributed by atoms with E-state index in [0.717, 1.165) is 49.4 Å². The summed E-state index contributed by atoms with van der Waals surface area (Å²) in [5, 5.41) is 13.4. The predicted molar refractivity (Wildman–Crippen MR) is 83.8 cm³/mol. The van der Waals surface area contributed by atoms with Crippen LogP contribution in [0.5, 0.6) is 11.5 Å². The molecule has 0 saturated heterocycles. The number of rotatable bonds is 7. The number of benzene rings is 1. The molecule has 0 aromatic heterocycles. The summed E-state index contributed by atoms with van der Waals surface area (Å²) in [6.45, 7) is 6.08. The molecule has 1 fully saturated rings. The number of ether oxygens (including phenoxy) is 2. The average Bonchev–Trinajstić information content (AvgIpc) is 2.85. The molecule has 1 aromatic carbocycles. The summed E-state index contributed by atoms with van der Waals surface area (Å²) in [5.74, 6) is 2.28. The third-order valence-electron chi connectivity index (χ3n) is 3.83. The van der Waals surface area contributed by atoms with Crippen LogP contribution in [0.15, 0.2) is 18.2 Å². The highest BCUT2D eigenvalue weighted by Crippen LogP contribution is 2.29. The van der Waals surface area contributed by atoms with Gasteiger partial charge in [-0.05, 0) is 49.9 Å². The molecule has 2 rings (SSSR count). The van der Waals surface area contributed by atoms with Crippen LogP contribution in [0, 0.1) is 5.92 Å². The van der Waals surface area contributed by atoms with Gasteiger partial charge in [-0.15, -0.1) is 0 Å². The van der Waals surface area contributed by atoms with Gasteiger partial charge in [0.25, 0.3) is 0 Å². The molecule has 118 valence electrons. The minimum Gasteiger partial charge on any atom is -0.497 e. The van der Waals surface area contributed by atoms with Gasteiger partial charge in [0, 0.05) is 12.1 Å². The normalized spacial score (nSPS) is 21.8. The molecule has 2 unspecified atom stereocenters. The van der Waals surface area contributed by atoms with Crippen LogP contribution in [0.25, 0.3) is 0 Å². The van der Waals surface area contributed by atoms with Crippen molar-refractivity contribution < 1.29 is 14.6 Å². The van der Waals surface area contributed by atoms with Crippen molar-refractivity contribution in [2.45, 2.75) is 51.9 Å². The summed E-state index contributed by atoms with van der Waals surface area (Å²) in [7, 11) is 1.67. The Bertz CT molecular complexity index is 448. The van der Waals surface area contributed by atoms with Gasteiger partial charge in [-0.1, -0.05) is 13.8 Å². The van der Waals surface area contributed by atoms with E-state index in [-0.39, 0.29) is 12.2 Å². The molecule has 2 N–H and O–H groups in total. The largest absolute Gasteiger partial charge is 0.497 e. The highest BCUT2D eigenvalue weighted by molar-refractivity contribution is 5.40. The van der Waals surface area contributed by atoms with E-state index in [4.69, 9.17) is 9.47 Å². The zero-order valence-corrected chi connectivity index (χ0v) is 13.3. The third-order valence-corrected chi connectivity index (χ3v) is 3.83. The summed E-state index contributed by atoms with van der Waals surface area (Å²) in [5.41, 5.74) is 1.08. The van der Waals surface area contributed by atoms with E-state index in [0.29, 0.717) is 5.92 Å². The summed E-state index contributed by atoms with van der Waals surface area (Å²) in [6.07, 6.45) is 2.36. The molecular weight excluding hydrogens is 266 g/mol. The summed E-state index contributed by atoms with van der Waals surface area (Å²) >= 11 is 0. The molecule has 0 aliphatic heterocycles. The van der Waals surface area contributed by atoms with Gasteiger partial charge in [0.2, 0.25) is 0 Å². The number of aliphatic hydroxyl groups excluding tert-OH is 1. The molecular formula is C17H27NO3. The average molecular weight is 293 g/mol. The van der Waals surface area contributed by atoms with Crippen LogP contribution < -0.4 is 14.8 Å². The molecule has 2 atom stereocenters. The molecule has 1 aliphatic rings. The summed E-state index contributed by atoms with van der Waals surface area (Å²) in [4.78, 5) is 0. The maximum absolute atomic E-state index is 9.93. The van der Waals surface area contributed by atoms with E-state index < -0.39 is 0 Å². The monoisotopic (exact) mass is 293 g/mol. The maximum atomic E-state index is 9.93. The molecule has 0 heterocycles. The molecule has 0 radical (unpaired) electrons. The number of aliphatic hydroxyl groups is 1. The van der Waals surface area contributed by atoms with E-state index in [9.17, 15) is 5.11 Å². The van der Waals surface area contributed by atoms with Crippen molar-refractivity contribution in [3.63, 3.8) is 0 Å². The summed E-state index contributed by atoms with van der Waals surface area (Å²) in [6, 6.07) is 5.85. The fourth-order valence-electron chi connectivity index (χ4n) is 2.64. The van der Waals surface area contributed by atoms with E-state index in [1.807, 2.05) is 18.2 Å². The standard InChI is InChI=1S/C17H27NO3/c1-12(2)10-18-11-13-9-14(20-3)7-8-16(13)21-17-6-4-5-15(17)19/h7-9,12,15,17-19H,4-6,10-11H2,1-3H3. The van der Waals surface area contributed by atoms with Crippen molar-refractivity contribution in [3.05, 3.63) is 23.8 Å². The first-order valence-corrected chi connectivity index (χ1v) is 7.82. The van der Waals surface area contributed by atoms with Crippen molar-refractivity contribution in [2.75, 3.05) is 13.7 Å². The van der Waals surface area contributed by atoms with Gasteiger partial charge in [0.15, 0.2) is 0 Å². The quantitative estimate of drug-likeness (QED) is 0.811. The first-order chi connectivity index (χ1) is 10.1.